The normalized spacial score (nSPS) is 14.1. The van der Waals surface area contributed by atoms with Crippen molar-refractivity contribution in [3.05, 3.63) is 36.5 Å². The first kappa shape index (κ1) is 14.7. The molecule has 1 unspecified atom stereocenters. The van der Waals surface area contributed by atoms with Crippen LogP contribution in [-0.2, 0) is 4.79 Å². The zero-order chi connectivity index (χ0) is 12.2. The van der Waals surface area contributed by atoms with Gasteiger partial charge in [-0.2, -0.15) is 0 Å². The van der Waals surface area contributed by atoms with Gasteiger partial charge in [-0.3, -0.25) is 4.79 Å². The first-order chi connectivity index (χ1) is 7.68. The van der Waals surface area contributed by atoms with E-state index >= 15 is 0 Å². The molecule has 0 aromatic rings. The minimum atomic E-state index is -0.766. The fraction of sp³-hybridized carbons (Fsp3) is 0.500. The van der Waals surface area contributed by atoms with E-state index in [1.54, 1.807) is 13.0 Å². The van der Waals surface area contributed by atoms with Crippen molar-refractivity contribution in [3.63, 3.8) is 0 Å². The second-order valence-corrected chi connectivity index (χ2v) is 3.75. The Morgan fingerprint density at radius 3 is 2.06 bits per heavy atom. The van der Waals surface area contributed by atoms with E-state index in [1.165, 1.54) is 0 Å². The SMILES string of the molecule is C/C=C/CC/C=C/CC/C=C/C(C)C(=O)O. The van der Waals surface area contributed by atoms with Crippen molar-refractivity contribution in [2.75, 3.05) is 0 Å². The quantitative estimate of drug-likeness (QED) is 0.498. The zero-order valence-electron chi connectivity index (χ0n) is 10.2. The van der Waals surface area contributed by atoms with E-state index in [0.717, 1.165) is 25.7 Å². The summed E-state index contributed by atoms with van der Waals surface area (Å²) in [5.41, 5.74) is 0. The van der Waals surface area contributed by atoms with Crippen LogP contribution in [0, 0.1) is 5.92 Å². The standard InChI is InChI=1S/C14H22O2/c1-3-4-5-6-7-8-9-10-11-12-13(2)14(15)16/h3-4,7-8,11-13H,5-6,9-10H2,1-2H3,(H,15,16)/b4-3+,8-7+,12-11+. The van der Waals surface area contributed by atoms with Crippen LogP contribution in [0.2, 0.25) is 0 Å². The first-order valence-corrected chi connectivity index (χ1v) is 5.84. The van der Waals surface area contributed by atoms with Crippen LogP contribution in [0.25, 0.3) is 0 Å². The lowest BCUT2D eigenvalue weighted by Crippen LogP contribution is -2.05. The van der Waals surface area contributed by atoms with Gasteiger partial charge in [0.25, 0.3) is 0 Å². The molecule has 0 heterocycles. The number of carboxylic acid groups (broad SMARTS) is 1. The number of aliphatic carboxylic acids is 1. The Labute approximate surface area is 98.4 Å². The van der Waals surface area contributed by atoms with E-state index in [2.05, 4.69) is 24.3 Å². The lowest BCUT2D eigenvalue weighted by atomic mass is 10.1. The molecule has 0 rings (SSSR count). The van der Waals surface area contributed by atoms with Gasteiger partial charge in [0, 0.05) is 0 Å². The molecule has 0 aliphatic heterocycles. The Morgan fingerprint density at radius 1 is 1.06 bits per heavy atom. The van der Waals surface area contributed by atoms with Crippen molar-refractivity contribution < 1.29 is 9.90 Å². The van der Waals surface area contributed by atoms with Crippen LogP contribution in [0.15, 0.2) is 36.5 Å². The summed E-state index contributed by atoms with van der Waals surface area (Å²) in [6.07, 6.45) is 16.3. The van der Waals surface area contributed by atoms with Gasteiger partial charge >= 0.3 is 5.97 Å². The van der Waals surface area contributed by atoms with Crippen LogP contribution in [0.4, 0.5) is 0 Å². The Balaban J connectivity index is 3.48. The van der Waals surface area contributed by atoms with Gasteiger partial charge in [0.05, 0.1) is 5.92 Å². The third-order valence-electron chi connectivity index (χ3n) is 2.22. The molecule has 0 fully saturated rings. The first-order valence-electron chi connectivity index (χ1n) is 5.84. The molecule has 90 valence electrons. The van der Waals surface area contributed by atoms with Gasteiger partial charge in [-0.25, -0.2) is 0 Å². The fourth-order valence-electron chi connectivity index (χ4n) is 1.17. The van der Waals surface area contributed by atoms with Crippen molar-refractivity contribution in [1.29, 1.82) is 0 Å². The summed E-state index contributed by atoms with van der Waals surface area (Å²) in [7, 11) is 0. The van der Waals surface area contributed by atoms with E-state index in [9.17, 15) is 4.79 Å². The number of rotatable bonds is 8. The van der Waals surface area contributed by atoms with Crippen LogP contribution in [0.3, 0.4) is 0 Å². The summed E-state index contributed by atoms with van der Waals surface area (Å²) >= 11 is 0. The molecule has 0 aliphatic rings. The Hall–Kier alpha value is -1.31. The molecule has 0 saturated carbocycles. The highest BCUT2D eigenvalue weighted by atomic mass is 16.4. The van der Waals surface area contributed by atoms with Crippen LogP contribution < -0.4 is 0 Å². The monoisotopic (exact) mass is 222 g/mol. The molecule has 0 saturated heterocycles. The molecule has 1 atom stereocenters. The number of carbonyl (C=O) groups is 1. The fourth-order valence-corrected chi connectivity index (χ4v) is 1.17. The lowest BCUT2D eigenvalue weighted by molar-refractivity contribution is -0.139. The maximum absolute atomic E-state index is 10.5. The highest BCUT2D eigenvalue weighted by Crippen LogP contribution is 2.01. The molecular weight excluding hydrogens is 200 g/mol. The molecule has 1 N–H and O–H groups in total. The Morgan fingerprint density at radius 2 is 1.56 bits per heavy atom. The second-order valence-electron chi connectivity index (χ2n) is 3.75. The summed E-state index contributed by atoms with van der Waals surface area (Å²) in [4.78, 5) is 10.5. The molecule has 0 aromatic carbocycles. The van der Waals surface area contributed by atoms with Gasteiger partial charge in [0.2, 0.25) is 0 Å². The van der Waals surface area contributed by atoms with E-state index in [4.69, 9.17) is 5.11 Å². The van der Waals surface area contributed by atoms with Crippen molar-refractivity contribution in [1.82, 2.24) is 0 Å². The third kappa shape index (κ3) is 9.25. The van der Waals surface area contributed by atoms with Gasteiger partial charge in [0.15, 0.2) is 0 Å². The third-order valence-corrected chi connectivity index (χ3v) is 2.22. The summed E-state index contributed by atoms with van der Waals surface area (Å²) in [6.45, 7) is 3.71. The predicted molar refractivity (Wildman–Crippen MR) is 68.4 cm³/mol. The van der Waals surface area contributed by atoms with E-state index in [1.807, 2.05) is 13.0 Å². The molecule has 0 bridgehead atoms. The van der Waals surface area contributed by atoms with Gasteiger partial charge in [0.1, 0.15) is 0 Å². The minimum Gasteiger partial charge on any atom is -0.481 e. The molecule has 2 nitrogen and oxygen atoms in total. The second kappa shape index (κ2) is 10.2. The number of carboxylic acids is 1. The molecule has 0 radical (unpaired) electrons. The minimum absolute atomic E-state index is 0.376. The van der Waals surface area contributed by atoms with E-state index in [-0.39, 0.29) is 5.92 Å². The van der Waals surface area contributed by atoms with Crippen LogP contribution in [0.1, 0.15) is 39.5 Å². The average Bonchev–Trinajstić information content (AvgIpc) is 2.26. The molecule has 0 aliphatic carbocycles. The Bertz CT molecular complexity index is 262. The van der Waals surface area contributed by atoms with Gasteiger partial charge in [-0.05, 0) is 39.5 Å². The molecule has 0 amide bonds. The van der Waals surface area contributed by atoms with Crippen LogP contribution >= 0.6 is 0 Å². The van der Waals surface area contributed by atoms with Crippen LogP contribution in [0.5, 0.6) is 0 Å². The molecule has 0 spiro atoms. The lowest BCUT2D eigenvalue weighted by Gasteiger charge is -1.96. The highest BCUT2D eigenvalue weighted by molar-refractivity contribution is 5.71. The van der Waals surface area contributed by atoms with Gasteiger partial charge < -0.3 is 5.11 Å². The number of unbranched alkanes of at least 4 members (excludes halogenated alkanes) is 2. The van der Waals surface area contributed by atoms with Gasteiger partial charge in [-0.15, -0.1) is 0 Å². The average molecular weight is 222 g/mol. The van der Waals surface area contributed by atoms with Crippen molar-refractivity contribution in [2.45, 2.75) is 39.5 Å². The Kier molecular flexibility index (Phi) is 9.38. The summed E-state index contributed by atoms with van der Waals surface area (Å²) in [6, 6.07) is 0. The summed E-state index contributed by atoms with van der Waals surface area (Å²) in [5, 5.41) is 8.63. The molecule has 16 heavy (non-hydrogen) atoms. The maximum Gasteiger partial charge on any atom is 0.310 e. The topological polar surface area (TPSA) is 37.3 Å². The molecular formula is C14H22O2. The van der Waals surface area contributed by atoms with E-state index in [0.29, 0.717) is 0 Å². The maximum atomic E-state index is 10.5. The van der Waals surface area contributed by atoms with E-state index < -0.39 is 5.97 Å². The number of hydrogen-bond donors (Lipinski definition) is 1. The van der Waals surface area contributed by atoms with Crippen molar-refractivity contribution >= 4 is 5.97 Å². The smallest absolute Gasteiger partial charge is 0.310 e. The highest BCUT2D eigenvalue weighted by Gasteiger charge is 2.03. The van der Waals surface area contributed by atoms with Gasteiger partial charge in [-0.1, -0.05) is 36.5 Å². The van der Waals surface area contributed by atoms with Crippen molar-refractivity contribution in [3.8, 4) is 0 Å². The predicted octanol–water partition coefficient (Wildman–Crippen LogP) is 3.96. The number of allylic oxidation sites excluding steroid dienone is 5. The summed E-state index contributed by atoms with van der Waals surface area (Å²) in [5.74, 6) is -1.14. The van der Waals surface area contributed by atoms with Crippen LogP contribution in [-0.4, -0.2) is 11.1 Å². The zero-order valence-corrected chi connectivity index (χ0v) is 10.2. The van der Waals surface area contributed by atoms with Crippen molar-refractivity contribution in [2.24, 2.45) is 5.92 Å². The molecule has 2 heteroatoms. The largest absolute Gasteiger partial charge is 0.481 e. The summed E-state index contributed by atoms with van der Waals surface area (Å²) < 4.78 is 0. The molecule has 0 aromatic heterocycles. The number of hydrogen-bond acceptors (Lipinski definition) is 1.